The Morgan fingerprint density at radius 3 is 2.47 bits per heavy atom. The number of imide groups is 1. The summed E-state index contributed by atoms with van der Waals surface area (Å²) in [4.78, 5) is 81.3. The van der Waals surface area contributed by atoms with Gasteiger partial charge in [-0.1, -0.05) is 30.3 Å². The molecule has 9 rings (SSSR count). The minimum atomic E-state index is -0.689. The molecule has 3 fully saturated rings. The Balaban J connectivity index is 0.762. The summed E-state index contributed by atoms with van der Waals surface area (Å²) in [6.45, 7) is 4.48. The minimum absolute atomic E-state index is 0.0153. The van der Waals surface area contributed by atoms with Crippen molar-refractivity contribution in [3.8, 4) is 22.8 Å². The van der Waals surface area contributed by atoms with Gasteiger partial charge in [0.2, 0.25) is 23.6 Å². The number of carbonyl (C=O) groups excluding carboxylic acids is 5. The van der Waals surface area contributed by atoms with E-state index in [1.807, 2.05) is 81.2 Å². The normalized spacial score (nSPS) is 19.6. The molecule has 3 saturated heterocycles. The smallest absolute Gasteiger partial charge is 0.255 e. The molecule has 2 atom stereocenters. The highest BCUT2D eigenvalue weighted by molar-refractivity contribution is 8.00. The van der Waals surface area contributed by atoms with Crippen LogP contribution in [0.5, 0.6) is 11.5 Å². The number of piperazine rings is 1. The molecule has 3 aromatic carbocycles. The van der Waals surface area contributed by atoms with Gasteiger partial charge in [0, 0.05) is 80.9 Å². The van der Waals surface area contributed by atoms with Crippen molar-refractivity contribution in [3.05, 3.63) is 102 Å². The van der Waals surface area contributed by atoms with Crippen molar-refractivity contribution < 1.29 is 28.7 Å². The number of ether oxygens (including phenoxy) is 1. The number of nitrogens with one attached hydrogen (secondary N) is 1. The fourth-order valence-corrected chi connectivity index (χ4v) is 9.61. The highest BCUT2D eigenvalue weighted by Gasteiger charge is 2.40. The van der Waals surface area contributed by atoms with Crippen LogP contribution in [0.1, 0.15) is 47.6 Å². The second-order valence-corrected chi connectivity index (χ2v) is 16.8. The first-order chi connectivity index (χ1) is 30.2. The summed E-state index contributed by atoms with van der Waals surface area (Å²) < 4.78 is 7.88. The predicted octanol–water partition coefficient (Wildman–Crippen LogP) is 4.29. The maximum absolute atomic E-state index is 13.5. The lowest BCUT2D eigenvalue weighted by molar-refractivity contribution is -0.137. The molecular weight excluding hydrogens is 809 g/mol. The third-order valence-electron chi connectivity index (χ3n) is 11.9. The van der Waals surface area contributed by atoms with Gasteiger partial charge in [0.05, 0.1) is 17.2 Å². The Bertz CT molecular complexity index is 2560. The zero-order valence-corrected chi connectivity index (χ0v) is 34.8. The first kappa shape index (κ1) is 40.8. The predicted molar refractivity (Wildman–Crippen MR) is 232 cm³/mol. The molecule has 3 N–H and O–H groups in total. The number of fused-ring (bicyclic) bond motifs is 2. The van der Waals surface area contributed by atoms with Crippen molar-refractivity contribution in [1.82, 2.24) is 44.7 Å². The molecule has 6 heterocycles. The van der Waals surface area contributed by atoms with Crippen LogP contribution in [0.2, 0.25) is 0 Å². The lowest BCUT2D eigenvalue weighted by atomic mass is 10.0. The largest absolute Gasteiger partial charge is 0.457 e. The zero-order valence-electron chi connectivity index (χ0n) is 34.0. The van der Waals surface area contributed by atoms with Gasteiger partial charge in [-0.05, 0) is 73.4 Å². The van der Waals surface area contributed by atoms with Gasteiger partial charge in [0.1, 0.15) is 35.4 Å². The number of carbonyl (C=O) groups is 5. The molecular formula is C45H46N10O6S. The molecule has 0 bridgehead atoms. The Hall–Kier alpha value is -6.59. The molecule has 0 spiro atoms. The number of piperidine rings is 2. The molecule has 2 unspecified atom stereocenters. The van der Waals surface area contributed by atoms with Crippen LogP contribution in [0.15, 0.2) is 96.2 Å². The third kappa shape index (κ3) is 8.50. The summed E-state index contributed by atoms with van der Waals surface area (Å²) in [5.41, 5.74) is 9.90. The number of likely N-dealkylation sites (tertiary alicyclic amines) is 1. The third-order valence-corrected chi connectivity index (χ3v) is 13.0. The molecule has 4 aliphatic heterocycles. The standard InChI is InChI=1S/C45H46N10O6S/c46-42-40-41(29-13-15-32(16-14-29)61-31-8-2-1-3-9-31)50-55(43(40)48-28-47-42)30-7-5-20-53(25-30)38(57)12-6-19-51-21-23-52(24-22-51)39(58)27-62-36-11-4-10-33-34(36)26-54(45(33)60)35-17-18-37(56)49-44(35)59/h1-4,6,8-16,28,30,35H,5,7,17-27H2,(H2,46,47,48)(H,49,56,59)/b12-6+. The van der Waals surface area contributed by atoms with E-state index in [-0.39, 0.29) is 48.4 Å². The van der Waals surface area contributed by atoms with Gasteiger partial charge in [-0.15, -0.1) is 11.8 Å². The number of hydrogen-bond acceptors (Lipinski definition) is 12. The quantitative estimate of drug-likeness (QED) is 0.109. The van der Waals surface area contributed by atoms with Crippen molar-refractivity contribution in [2.75, 3.05) is 57.3 Å². The molecule has 318 valence electrons. The van der Waals surface area contributed by atoms with Gasteiger partial charge in [0.15, 0.2) is 5.65 Å². The summed E-state index contributed by atoms with van der Waals surface area (Å²) in [5.74, 6) is 0.954. The number of rotatable bonds is 11. The molecule has 4 aliphatic rings. The number of anilines is 1. The summed E-state index contributed by atoms with van der Waals surface area (Å²) >= 11 is 1.40. The van der Waals surface area contributed by atoms with Crippen molar-refractivity contribution in [1.29, 1.82) is 0 Å². The lowest BCUT2D eigenvalue weighted by Gasteiger charge is -2.34. The fourth-order valence-electron chi connectivity index (χ4n) is 8.62. The molecule has 62 heavy (non-hydrogen) atoms. The summed E-state index contributed by atoms with van der Waals surface area (Å²) in [6.07, 6.45) is 7.12. The zero-order chi connectivity index (χ0) is 42.7. The van der Waals surface area contributed by atoms with Crippen LogP contribution < -0.4 is 15.8 Å². The summed E-state index contributed by atoms with van der Waals surface area (Å²) in [7, 11) is 0. The van der Waals surface area contributed by atoms with E-state index in [1.165, 1.54) is 23.0 Å². The van der Waals surface area contributed by atoms with Gasteiger partial charge >= 0.3 is 0 Å². The number of aromatic nitrogens is 4. The molecule has 5 amide bonds. The number of amides is 5. The van der Waals surface area contributed by atoms with Crippen molar-refractivity contribution in [3.63, 3.8) is 0 Å². The van der Waals surface area contributed by atoms with E-state index in [2.05, 4.69) is 20.2 Å². The highest BCUT2D eigenvalue weighted by atomic mass is 32.2. The van der Waals surface area contributed by atoms with E-state index >= 15 is 0 Å². The lowest BCUT2D eigenvalue weighted by Crippen LogP contribution is -2.52. The summed E-state index contributed by atoms with van der Waals surface area (Å²) in [6, 6.07) is 21.9. The molecule has 0 radical (unpaired) electrons. The van der Waals surface area contributed by atoms with Crippen LogP contribution in [0, 0.1) is 0 Å². The van der Waals surface area contributed by atoms with Crippen LogP contribution in [0.3, 0.4) is 0 Å². The number of benzene rings is 3. The Labute approximate surface area is 362 Å². The van der Waals surface area contributed by atoms with Gasteiger partial charge in [-0.3, -0.25) is 34.2 Å². The van der Waals surface area contributed by atoms with Crippen LogP contribution in [0.25, 0.3) is 22.3 Å². The fraction of sp³-hybridized carbons (Fsp3) is 0.333. The first-order valence-electron chi connectivity index (χ1n) is 20.9. The number of para-hydroxylation sites is 1. The minimum Gasteiger partial charge on any atom is -0.457 e. The van der Waals surface area contributed by atoms with Crippen LogP contribution >= 0.6 is 11.8 Å². The van der Waals surface area contributed by atoms with E-state index in [0.717, 1.165) is 34.6 Å². The van der Waals surface area contributed by atoms with E-state index < -0.39 is 11.9 Å². The van der Waals surface area contributed by atoms with Crippen molar-refractivity contribution in [2.24, 2.45) is 0 Å². The topological polar surface area (TPSA) is 189 Å². The number of nitrogens with zero attached hydrogens (tertiary/aromatic N) is 8. The molecule has 0 aliphatic carbocycles. The van der Waals surface area contributed by atoms with Gasteiger partial charge in [-0.2, -0.15) is 5.10 Å². The van der Waals surface area contributed by atoms with E-state index in [9.17, 15) is 24.0 Å². The number of hydrogen-bond donors (Lipinski definition) is 2. The van der Waals surface area contributed by atoms with Crippen molar-refractivity contribution >= 4 is 58.1 Å². The molecule has 5 aromatic rings. The van der Waals surface area contributed by atoms with E-state index in [0.29, 0.717) is 86.1 Å². The monoisotopic (exact) mass is 854 g/mol. The highest BCUT2D eigenvalue weighted by Crippen LogP contribution is 2.36. The van der Waals surface area contributed by atoms with E-state index in [4.69, 9.17) is 15.6 Å². The Kier molecular flexibility index (Phi) is 11.7. The Morgan fingerprint density at radius 1 is 0.887 bits per heavy atom. The molecule has 2 aromatic heterocycles. The van der Waals surface area contributed by atoms with E-state index in [1.54, 1.807) is 18.2 Å². The van der Waals surface area contributed by atoms with Crippen LogP contribution in [-0.2, 0) is 25.7 Å². The molecule has 0 saturated carbocycles. The first-order valence-corrected chi connectivity index (χ1v) is 21.9. The average molecular weight is 855 g/mol. The second-order valence-electron chi connectivity index (χ2n) is 15.8. The maximum atomic E-state index is 13.5. The Morgan fingerprint density at radius 2 is 1.68 bits per heavy atom. The van der Waals surface area contributed by atoms with Crippen molar-refractivity contribution in [2.45, 2.75) is 49.2 Å². The second kappa shape index (κ2) is 17.8. The SMILES string of the molecule is Nc1ncnc2c1c(-c1ccc(Oc3ccccc3)cc1)nn2C1CCCN(C(=O)/C=C/CN2CCN(C(=O)CSc3cccc4c3CN(C3CCC(=O)NC3=O)C4=O)CC2)C1. The summed E-state index contributed by atoms with van der Waals surface area (Å²) in [5, 5.41) is 8.03. The van der Waals surface area contributed by atoms with Crippen LogP contribution in [0.4, 0.5) is 5.82 Å². The molecule has 16 nitrogen and oxygen atoms in total. The molecule has 17 heteroatoms. The van der Waals surface area contributed by atoms with Gasteiger partial charge < -0.3 is 25.2 Å². The number of thioether (sulfide) groups is 1. The van der Waals surface area contributed by atoms with Crippen LogP contribution in [-0.4, -0.2) is 126 Å². The van der Waals surface area contributed by atoms with Gasteiger partial charge in [-0.25, -0.2) is 14.6 Å². The number of nitrogens with two attached hydrogens (primary N) is 1. The maximum Gasteiger partial charge on any atom is 0.255 e. The van der Waals surface area contributed by atoms with Gasteiger partial charge in [0.25, 0.3) is 5.91 Å². The number of nitrogen functional groups attached to an aromatic ring is 1. The average Bonchev–Trinajstić information content (AvgIpc) is 3.85.